The van der Waals surface area contributed by atoms with Crippen LogP contribution in [0.5, 0.6) is 5.75 Å². The third-order valence-corrected chi connectivity index (χ3v) is 5.98. The molecule has 24 heavy (non-hydrogen) atoms. The van der Waals surface area contributed by atoms with E-state index in [4.69, 9.17) is 9.57 Å². The lowest BCUT2D eigenvalue weighted by molar-refractivity contribution is -0.0891. The molecule has 1 unspecified atom stereocenters. The van der Waals surface area contributed by atoms with Crippen molar-refractivity contribution in [2.24, 2.45) is 0 Å². The molecule has 0 saturated carbocycles. The number of aryl methyl sites for hydroxylation is 1. The fourth-order valence-corrected chi connectivity index (χ4v) is 4.26. The number of sulfonamides is 1. The van der Waals surface area contributed by atoms with Crippen LogP contribution in [-0.4, -0.2) is 26.0 Å². The zero-order valence-electron chi connectivity index (χ0n) is 14.0. The Morgan fingerprint density at radius 3 is 2.29 bits per heavy atom. The Morgan fingerprint density at radius 1 is 1.08 bits per heavy atom. The van der Waals surface area contributed by atoms with E-state index >= 15 is 0 Å². The molecule has 5 nitrogen and oxygen atoms in total. The Balaban J connectivity index is 1.83. The fraction of sp³-hybridized carbons (Fsp3) is 0.333. The van der Waals surface area contributed by atoms with Crippen molar-refractivity contribution in [3.05, 3.63) is 59.7 Å². The normalized spacial score (nSPS) is 21.8. The molecule has 0 radical (unpaired) electrons. The quantitative estimate of drug-likeness (QED) is 0.850. The predicted octanol–water partition coefficient (Wildman–Crippen LogP) is 3.46. The van der Waals surface area contributed by atoms with Crippen LogP contribution in [0.1, 0.15) is 30.6 Å². The first-order chi connectivity index (χ1) is 11.4. The Morgan fingerprint density at radius 2 is 1.71 bits per heavy atom. The topological polar surface area (TPSA) is 55.8 Å². The van der Waals surface area contributed by atoms with Crippen molar-refractivity contribution in [2.75, 3.05) is 7.11 Å². The zero-order chi connectivity index (χ0) is 17.3. The first-order valence-electron chi connectivity index (χ1n) is 7.83. The fourth-order valence-electron chi connectivity index (χ4n) is 2.79. The van der Waals surface area contributed by atoms with E-state index in [1.165, 1.54) is 0 Å². The summed E-state index contributed by atoms with van der Waals surface area (Å²) in [7, 11) is -2.06. The highest BCUT2D eigenvalue weighted by atomic mass is 32.2. The molecule has 2 atom stereocenters. The SMILES string of the molecule is COc1ccc([C@H]2CC(C)N(S(=O)(=O)c3ccc(C)cc3)O2)cc1. The number of nitrogens with zero attached hydrogens (tertiary/aromatic N) is 1. The molecule has 1 aliphatic rings. The van der Waals surface area contributed by atoms with Gasteiger partial charge in [-0.05, 0) is 50.1 Å². The minimum atomic E-state index is -3.67. The van der Waals surface area contributed by atoms with Crippen molar-refractivity contribution in [2.45, 2.75) is 37.3 Å². The van der Waals surface area contributed by atoms with Crippen molar-refractivity contribution in [1.82, 2.24) is 4.47 Å². The van der Waals surface area contributed by atoms with Crippen LogP contribution in [0.25, 0.3) is 0 Å². The van der Waals surface area contributed by atoms with Gasteiger partial charge in [0.25, 0.3) is 10.0 Å². The number of hydrogen-bond acceptors (Lipinski definition) is 4. The minimum Gasteiger partial charge on any atom is -0.497 e. The standard InChI is InChI=1S/C18H21NO4S/c1-13-4-10-17(11-5-13)24(20,21)19-14(2)12-18(23-19)15-6-8-16(22-3)9-7-15/h4-11,14,18H,12H2,1-3H3/t14?,18-/m1/s1. The average Bonchev–Trinajstić information content (AvgIpc) is 2.98. The summed E-state index contributed by atoms with van der Waals surface area (Å²) in [6.07, 6.45) is 0.323. The minimum absolute atomic E-state index is 0.233. The van der Waals surface area contributed by atoms with E-state index in [1.54, 1.807) is 31.4 Å². The average molecular weight is 347 g/mol. The highest BCUT2D eigenvalue weighted by Crippen LogP contribution is 2.37. The maximum absolute atomic E-state index is 12.8. The van der Waals surface area contributed by atoms with Crippen LogP contribution in [0.2, 0.25) is 0 Å². The molecule has 1 aliphatic heterocycles. The van der Waals surface area contributed by atoms with E-state index in [0.717, 1.165) is 21.3 Å². The van der Waals surface area contributed by atoms with Crippen LogP contribution >= 0.6 is 0 Å². The molecule has 2 aromatic carbocycles. The molecule has 2 aromatic rings. The molecule has 128 valence electrons. The van der Waals surface area contributed by atoms with Gasteiger partial charge in [-0.1, -0.05) is 34.3 Å². The van der Waals surface area contributed by atoms with E-state index in [0.29, 0.717) is 6.42 Å². The van der Waals surface area contributed by atoms with Gasteiger partial charge in [0.1, 0.15) is 11.9 Å². The Bertz CT molecular complexity index is 800. The summed E-state index contributed by atoms with van der Waals surface area (Å²) in [6, 6.07) is 14.1. The van der Waals surface area contributed by atoms with Crippen LogP contribution in [-0.2, 0) is 14.9 Å². The van der Waals surface area contributed by atoms with Crippen LogP contribution in [0.4, 0.5) is 0 Å². The molecule has 6 heteroatoms. The summed E-state index contributed by atoms with van der Waals surface area (Å²) in [5.74, 6) is 0.758. The molecular weight excluding hydrogens is 326 g/mol. The Labute approximate surface area is 142 Å². The molecule has 1 fully saturated rings. The molecule has 1 heterocycles. The van der Waals surface area contributed by atoms with Crippen LogP contribution < -0.4 is 4.74 Å². The summed E-state index contributed by atoms with van der Waals surface area (Å²) in [5.41, 5.74) is 1.95. The van der Waals surface area contributed by atoms with Gasteiger partial charge in [-0.15, -0.1) is 0 Å². The molecule has 3 rings (SSSR count). The van der Waals surface area contributed by atoms with Crippen LogP contribution in [0.15, 0.2) is 53.4 Å². The van der Waals surface area contributed by atoms with E-state index < -0.39 is 10.0 Å². The van der Waals surface area contributed by atoms with E-state index in [2.05, 4.69) is 0 Å². The smallest absolute Gasteiger partial charge is 0.265 e. The van der Waals surface area contributed by atoms with Crippen molar-refractivity contribution in [1.29, 1.82) is 0 Å². The maximum atomic E-state index is 12.8. The highest BCUT2D eigenvalue weighted by Gasteiger charge is 2.40. The lowest BCUT2D eigenvalue weighted by atomic mass is 10.0. The van der Waals surface area contributed by atoms with Gasteiger partial charge in [0.15, 0.2) is 0 Å². The largest absolute Gasteiger partial charge is 0.497 e. The second kappa shape index (κ2) is 6.55. The number of ether oxygens (including phenoxy) is 1. The first kappa shape index (κ1) is 17.0. The first-order valence-corrected chi connectivity index (χ1v) is 9.27. The third kappa shape index (κ3) is 3.17. The van der Waals surface area contributed by atoms with Gasteiger partial charge in [0, 0.05) is 0 Å². The summed E-state index contributed by atoms with van der Waals surface area (Å²) >= 11 is 0. The number of benzene rings is 2. The molecule has 0 spiro atoms. The van der Waals surface area contributed by atoms with E-state index in [-0.39, 0.29) is 17.0 Å². The summed E-state index contributed by atoms with van der Waals surface area (Å²) in [5, 5.41) is 0. The maximum Gasteiger partial charge on any atom is 0.265 e. The van der Waals surface area contributed by atoms with E-state index in [1.807, 2.05) is 38.1 Å². The number of hydroxylamine groups is 1. The molecule has 0 amide bonds. The number of methoxy groups -OCH3 is 1. The van der Waals surface area contributed by atoms with E-state index in [9.17, 15) is 8.42 Å². The van der Waals surface area contributed by atoms with Crippen molar-refractivity contribution >= 4 is 10.0 Å². The Hall–Kier alpha value is -1.89. The summed E-state index contributed by atoms with van der Waals surface area (Å²) < 4.78 is 31.9. The van der Waals surface area contributed by atoms with Gasteiger partial charge in [0.2, 0.25) is 0 Å². The highest BCUT2D eigenvalue weighted by molar-refractivity contribution is 7.89. The van der Waals surface area contributed by atoms with Gasteiger partial charge in [-0.25, -0.2) is 8.42 Å². The lowest BCUT2D eigenvalue weighted by Gasteiger charge is -2.20. The number of hydrogen-bond donors (Lipinski definition) is 0. The second-order valence-electron chi connectivity index (χ2n) is 6.03. The zero-order valence-corrected chi connectivity index (χ0v) is 14.8. The van der Waals surface area contributed by atoms with Crippen molar-refractivity contribution in [3.8, 4) is 5.75 Å². The molecule has 0 aromatic heterocycles. The van der Waals surface area contributed by atoms with Crippen LogP contribution in [0.3, 0.4) is 0 Å². The van der Waals surface area contributed by atoms with Gasteiger partial charge in [0.05, 0.1) is 18.0 Å². The molecule has 1 saturated heterocycles. The van der Waals surface area contributed by atoms with Gasteiger partial charge >= 0.3 is 0 Å². The summed E-state index contributed by atoms with van der Waals surface area (Å²) in [4.78, 5) is 6.03. The van der Waals surface area contributed by atoms with Gasteiger partial charge in [-0.3, -0.25) is 4.84 Å². The molecule has 0 bridgehead atoms. The molecule has 0 N–H and O–H groups in total. The predicted molar refractivity (Wildman–Crippen MR) is 91.1 cm³/mol. The molecular formula is C18H21NO4S. The number of rotatable bonds is 4. The van der Waals surface area contributed by atoms with Gasteiger partial charge in [-0.2, -0.15) is 0 Å². The summed E-state index contributed by atoms with van der Waals surface area (Å²) in [6.45, 7) is 3.78. The van der Waals surface area contributed by atoms with Crippen LogP contribution in [0, 0.1) is 6.92 Å². The molecule has 0 aliphatic carbocycles. The monoisotopic (exact) mass is 347 g/mol. The lowest BCUT2D eigenvalue weighted by Crippen LogP contribution is -2.32. The van der Waals surface area contributed by atoms with Gasteiger partial charge < -0.3 is 4.74 Å². The third-order valence-electron chi connectivity index (χ3n) is 4.19. The van der Waals surface area contributed by atoms with Crippen molar-refractivity contribution in [3.63, 3.8) is 0 Å². The Kier molecular flexibility index (Phi) is 4.62. The van der Waals surface area contributed by atoms with Crippen molar-refractivity contribution < 1.29 is 18.0 Å². The second-order valence-corrected chi connectivity index (χ2v) is 7.81.